The third kappa shape index (κ3) is 7.66. The maximum absolute atomic E-state index is 13.2. The van der Waals surface area contributed by atoms with Crippen molar-refractivity contribution in [2.75, 3.05) is 6.61 Å². The normalized spacial score (nSPS) is 15.9. The number of rotatable bonds is 12. The van der Waals surface area contributed by atoms with Gasteiger partial charge >= 0.3 is 0 Å². The Morgan fingerprint density at radius 1 is 1.08 bits per heavy atom. The number of ketones is 1. The molecular weight excluding hydrogens is 492 g/mol. The SMILES string of the molecule is Cc1ccc(-c2cc(C(C)(C)N)cc(C(C)(O)CCC(=O)c3ccc(OC4CC4)c(OCC(C)O)c3)n2)cc1. The number of pyridine rings is 1. The summed E-state index contributed by atoms with van der Waals surface area (Å²) in [5, 5.41) is 21.2. The first-order chi connectivity index (χ1) is 18.3. The number of ether oxygens (including phenoxy) is 2. The molecule has 0 aliphatic heterocycles. The monoisotopic (exact) mass is 532 g/mol. The van der Waals surface area contributed by atoms with E-state index in [9.17, 15) is 15.0 Å². The molecule has 39 heavy (non-hydrogen) atoms. The van der Waals surface area contributed by atoms with E-state index in [0.29, 0.717) is 22.8 Å². The molecule has 1 aromatic heterocycles. The number of carbonyl (C=O) groups excluding carboxylic acids is 1. The predicted octanol–water partition coefficient (Wildman–Crippen LogP) is 5.42. The number of hydrogen-bond donors (Lipinski definition) is 3. The maximum Gasteiger partial charge on any atom is 0.163 e. The molecule has 208 valence electrons. The second-order valence-corrected chi connectivity index (χ2v) is 11.5. The standard InChI is InChI=1S/C32H40N2O5/c1-20-6-8-22(9-7-20)26-17-24(31(3,4)33)18-30(34-26)32(5,37)15-14-27(36)23-10-13-28(39-25-11-12-25)29(16-23)38-19-21(2)35/h6-10,13,16-18,21,25,35,37H,11-12,14-15,19,33H2,1-5H3. The maximum atomic E-state index is 13.2. The summed E-state index contributed by atoms with van der Waals surface area (Å²) in [6, 6.07) is 16.9. The average molecular weight is 533 g/mol. The Morgan fingerprint density at radius 2 is 1.77 bits per heavy atom. The molecule has 0 radical (unpaired) electrons. The number of nitrogens with two attached hydrogens (primary N) is 1. The van der Waals surface area contributed by atoms with Gasteiger partial charge in [0, 0.05) is 23.1 Å². The van der Waals surface area contributed by atoms with E-state index in [-0.39, 0.29) is 31.3 Å². The zero-order chi connectivity index (χ0) is 28.4. The fourth-order valence-electron chi connectivity index (χ4n) is 4.15. The lowest BCUT2D eigenvalue weighted by atomic mass is 9.88. The number of carbonyl (C=O) groups is 1. The smallest absolute Gasteiger partial charge is 0.163 e. The molecule has 7 nitrogen and oxygen atoms in total. The number of benzene rings is 2. The molecule has 2 aromatic carbocycles. The molecule has 0 bridgehead atoms. The van der Waals surface area contributed by atoms with Gasteiger partial charge in [0.05, 0.1) is 23.6 Å². The third-order valence-electron chi connectivity index (χ3n) is 6.87. The lowest BCUT2D eigenvalue weighted by molar-refractivity contribution is 0.0396. The van der Waals surface area contributed by atoms with Crippen molar-refractivity contribution in [3.63, 3.8) is 0 Å². The highest BCUT2D eigenvalue weighted by Crippen LogP contribution is 2.36. The molecule has 2 unspecified atom stereocenters. The molecule has 4 rings (SSSR count). The molecule has 7 heteroatoms. The molecule has 0 amide bonds. The minimum Gasteiger partial charge on any atom is -0.487 e. The van der Waals surface area contributed by atoms with E-state index < -0.39 is 17.2 Å². The van der Waals surface area contributed by atoms with Crippen LogP contribution in [0.3, 0.4) is 0 Å². The van der Waals surface area contributed by atoms with Crippen LogP contribution < -0.4 is 15.2 Å². The van der Waals surface area contributed by atoms with Crippen LogP contribution in [0, 0.1) is 6.92 Å². The topological polar surface area (TPSA) is 115 Å². The Labute approximate surface area is 231 Å². The van der Waals surface area contributed by atoms with Gasteiger partial charge in [-0.2, -0.15) is 0 Å². The van der Waals surface area contributed by atoms with E-state index in [0.717, 1.165) is 35.2 Å². The van der Waals surface area contributed by atoms with Gasteiger partial charge in [-0.3, -0.25) is 4.79 Å². The van der Waals surface area contributed by atoms with Gasteiger partial charge in [0.25, 0.3) is 0 Å². The summed E-state index contributed by atoms with van der Waals surface area (Å²) >= 11 is 0. The number of Topliss-reactive ketones (excluding diaryl/α,β-unsaturated/α-hetero) is 1. The van der Waals surface area contributed by atoms with Crippen molar-refractivity contribution >= 4 is 5.78 Å². The van der Waals surface area contributed by atoms with E-state index in [2.05, 4.69) is 0 Å². The van der Waals surface area contributed by atoms with Crippen molar-refractivity contribution in [2.24, 2.45) is 5.73 Å². The van der Waals surface area contributed by atoms with Gasteiger partial charge in [-0.1, -0.05) is 29.8 Å². The molecule has 4 N–H and O–H groups in total. The summed E-state index contributed by atoms with van der Waals surface area (Å²) in [6.07, 6.45) is 1.78. The predicted molar refractivity (Wildman–Crippen MR) is 152 cm³/mol. The first-order valence-corrected chi connectivity index (χ1v) is 13.6. The molecule has 1 heterocycles. The molecule has 1 fully saturated rings. The Bertz CT molecular complexity index is 1310. The molecule has 1 aliphatic carbocycles. The summed E-state index contributed by atoms with van der Waals surface area (Å²) in [4.78, 5) is 18.0. The summed E-state index contributed by atoms with van der Waals surface area (Å²) in [5.41, 5.74) is 9.00. The summed E-state index contributed by atoms with van der Waals surface area (Å²) in [7, 11) is 0. The van der Waals surface area contributed by atoms with Crippen molar-refractivity contribution in [1.82, 2.24) is 4.98 Å². The highest BCUT2D eigenvalue weighted by atomic mass is 16.5. The van der Waals surface area contributed by atoms with Gasteiger partial charge in [0.15, 0.2) is 17.3 Å². The second-order valence-electron chi connectivity index (χ2n) is 11.5. The van der Waals surface area contributed by atoms with Crippen molar-refractivity contribution in [3.8, 4) is 22.8 Å². The van der Waals surface area contributed by atoms with Crippen LogP contribution in [-0.2, 0) is 11.1 Å². The highest BCUT2D eigenvalue weighted by Gasteiger charge is 2.30. The number of aryl methyl sites for hydroxylation is 1. The molecule has 0 saturated heterocycles. The van der Waals surface area contributed by atoms with E-state index in [1.807, 2.05) is 57.2 Å². The van der Waals surface area contributed by atoms with E-state index in [1.165, 1.54) is 0 Å². The number of aliphatic hydroxyl groups excluding tert-OH is 1. The summed E-state index contributed by atoms with van der Waals surface area (Å²) in [5.74, 6) is 0.864. The van der Waals surface area contributed by atoms with Gasteiger partial charge in [-0.05, 0) is 89.8 Å². The van der Waals surface area contributed by atoms with Crippen LogP contribution in [-0.4, -0.2) is 39.8 Å². The first kappa shape index (κ1) is 28.7. The van der Waals surface area contributed by atoms with Crippen LogP contribution >= 0.6 is 0 Å². The van der Waals surface area contributed by atoms with Crippen LogP contribution in [0.5, 0.6) is 11.5 Å². The van der Waals surface area contributed by atoms with Crippen LogP contribution in [0.2, 0.25) is 0 Å². The summed E-state index contributed by atoms with van der Waals surface area (Å²) < 4.78 is 11.7. The highest BCUT2D eigenvalue weighted by molar-refractivity contribution is 5.96. The number of nitrogens with zero attached hydrogens (tertiary/aromatic N) is 1. The fraction of sp³-hybridized carbons (Fsp3) is 0.438. The van der Waals surface area contributed by atoms with Crippen LogP contribution in [0.4, 0.5) is 0 Å². The van der Waals surface area contributed by atoms with Crippen molar-refractivity contribution in [1.29, 1.82) is 0 Å². The minimum absolute atomic E-state index is 0.0935. The lowest BCUT2D eigenvalue weighted by Crippen LogP contribution is -2.31. The Hall–Kier alpha value is -3.26. The van der Waals surface area contributed by atoms with Gasteiger partial charge in [0.2, 0.25) is 0 Å². The van der Waals surface area contributed by atoms with Crippen molar-refractivity contribution < 1.29 is 24.5 Å². The van der Waals surface area contributed by atoms with E-state index >= 15 is 0 Å². The van der Waals surface area contributed by atoms with Crippen LogP contribution in [0.15, 0.2) is 54.6 Å². The Kier molecular flexibility index (Phi) is 8.45. The zero-order valence-corrected chi connectivity index (χ0v) is 23.5. The van der Waals surface area contributed by atoms with Crippen molar-refractivity contribution in [2.45, 2.75) is 83.6 Å². The zero-order valence-electron chi connectivity index (χ0n) is 23.5. The average Bonchev–Trinajstić information content (AvgIpc) is 3.70. The van der Waals surface area contributed by atoms with Crippen molar-refractivity contribution in [3.05, 3.63) is 77.0 Å². The molecule has 2 atom stereocenters. The van der Waals surface area contributed by atoms with Crippen LogP contribution in [0.1, 0.15) is 80.6 Å². The molecular formula is C32H40N2O5. The largest absolute Gasteiger partial charge is 0.487 e. The Balaban J connectivity index is 1.55. The number of aromatic nitrogens is 1. The molecule has 0 spiro atoms. The van der Waals surface area contributed by atoms with Gasteiger partial charge in [-0.25, -0.2) is 4.98 Å². The third-order valence-corrected chi connectivity index (χ3v) is 6.87. The van der Waals surface area contributed by atoms with E-state index in [4.69, 9.17) is 20.2 Å². The first-order valence-electron chi connectivity index (χ1n) is 13.6. The fourth-order valence-corrected chi connectivity index (χ4v) is 4.15. The van der Waals surface area contributed by atoms with E-state index in [1.54, 1.807) is 32.0 Å². The quantitative estimate of drug-likeness (QED) is 0.267. The number of hydrogen-bond acceptors (Lipinski definition) is 7. The molecule has 3 aromatic rings. The Morgan fingerprint density at radius 3 is 2.38 bits per heavy atom. The van der Waals surface area contributed by atoms with Gasteiger partial charge in [-0.15, -0.1) is 0 Å². The molecule has 1 aliphatic rings. The minimum atomic E-state index is -1.36. The van der Waals surface area contributed by atoms with Crippen LogP contribution in [0.25, 0.3) is 11.3 Å². The summed E-state index contributed by atoms with van der Waals surface area (Å²) in [6.45, 7) is 9.26. The second kappa shape index (κ2) is 11.5. The molecule has 1 saturated carbocycles. The van der Waals surface area contributed by atoms with Gasteiger partial charge in [0.1, 0.15) is 12.2 Å². The van der Waals surface area contributed by atoms with Gasteiger partial charge < -0.3 is 25.4 Å². The lowest BCUT2D eigenvalue weighted by Gasteiger charge is -2.27. The number of aliphatic hydroxyl groups is 2.